The van der Waals surface area contributed by atoms with Gasteiger partial charge in [-0.2, -0.15) is 0 Å². The number of rotatable bonds is 6. The second kappa shape index (κ2) is 6.60. The number of carbonyl (C=O) groups excluding carboxylic acids is 1. The molecular formula is C16H24N2O. The highest BCUT2D eigenvalue weighted by Crippen LogP contribution is 2.28. The second-order valence-corrected chi connectivity index (χ2v) is 5.42. The second-order valence-electron chi connectivity index (χ2n) is 5.42. The van der Waals surface area contributed by atoms with E-state index in [1.54, 1.807) is 0 Å². The van der Waals surface area contributed by atoms with Crippen LogP contribution in [0.15, 0.2) is 18.2 Å². The van der Waals surface area contributed by atoms with Crippen molar-refractivity contribution in [3.8, 4) is 0 Å². The van der Waals surface area contributed by atoms with Crippen LogP contribution in [0.2, 0.25) is 0 Å². The third-order valence-electron chi connectivity index (χ3n) is 3.85. The Morgan fingerprint density at radius 2 is 2.16 bits per heavy atom. The normalized spacial score (nSPS) is 14.8. The molecule has 1 aliphatic rings. The number of carbonyl (C=O) groups is 1. The van der Waals surface area contributed by atoms with Crippen molar-refractivity contribution in [1.29, 1.82) is 0 Å². The van der Waals surface area contributed by atoms with E-state index in [4.69, 9.17) is 0 Å². The van der Waals surface area contributed by atoms with Crippen LogP contribution in [0.3, 0.4) is 0 Å². The summed E-state index contributed by atoms with van der Waals surface area (Å²) in [7, 11) is 0. The predicted molar refractivity (Wildman–Crippen MR) is 79.6 cm³/mol. The minimum atomic E-state index is 0.0407. The quantitative estimate of drug-likeness (QED) is 0.823. The molecule has 0 aliphatic heterocycles. The molecule has 1 aliphatic carbocycles. The number of hydrogen-bond acceptors (Lipinski definition) is 2. The maximum Gasteiger partial charge on any atom is 0.253 e. The van der Waals surface area contributed by atoms with Gasteiger partial charge in [-0.15, -0.1) is 0 Å². The fourth-order valence-corrected chi connectivity index (χ4v) is 2.46. The molecular weight excluding hydrogens is 236 g/mol. The largest absolute Gasteiger partial charge is 0.385 e. The lowest BCUT2D eigenvalue weighted by atomic mass is 9.83. The monoisotopic (exact) mass is 260 g/mol. The number of hydrogen-bond donors (Lipinski definition) is 2. The Labute approximate surface area is 115 Å². The molecule has 0 radical (unpaired) electrons. The number of anilines is 1. The zero-order valence-electron chi connectivity index (χ0n) is 12.0. The van der Waals surface area contributed by atoms with Crippen LogP contribution in [0.4, 0.5) is 5.69 Å². The first kappa shape index (κ1) is 13.9. The maximum absolute atomic E-state index is 12.2. The van der Waals surface area contributed by atoms with E-state index in [0.717, 1.165) is 42.2 Å². The van der Waals surface area contributed by atoms with Gasteiger partial charge in [-0.3, -0.25) is 4.79 Å². The summed E-state index contributed by atoms with van der Waals surface area (Å²) in [5, 5.41) is 6.29. The summed E-state index contributed by atoms with van der Waals surface area (Å²) in [5.74, 6) is 0.880. The minimum absolute atomic E-state index is 0.0407. The van der Waals surface area contributed by atoms with Gasteiger partial charge < -0.3 is 10.6 Å². The fourth-order valence-electron chi connectivity index (χ4n) is 2.46. The molecule has 3 nitrogen and oxygen atoms in total. The molecule has 19 heavy (non-hydrogen) atoms. The molecule has 104 valence electrons. The van der Waals surface area contributed by atoms with Crippen molar-refractivity contribution >= 4 is 11.6 Å². The van der Waals surface area contributed by atoms with Crippen LogP contribution in [0.1, 0.15) is 48.5 Å². The molecule has 0 heterocycles. The predicted octanol–water partition coefficient (Wildman–Crippen LogP) is 3.35. The van der Waals surface area contributed by atoms with Crippen LogP contribution < -0.4 is 10.6 Å². The van der Waals surface area contributed by atoms with Crippen molar-refractivity contribution in [3.05, 3.63) is 29.3 Å². The van der Waals surface area contributed by atoms with E-state index in [1.807, 2.05) is 32.0 Å². The van der Waals surface area contributed by atoms with Crippen molar-refractivity contribution in [2.75, 3.05) is 18.4 Å². The lowest BCUT2D eigenvalue weighted by Gasteiger charge is -2.25. The number of amides is 1. The molecule has 3 heteroatoms. The minimum Gasteiger partial charge on any atom is -0.385 e. The molecule has 1 aromatic carbocycles. The Morgan fingerprint density at radius 3 is 2.79 bits per heavy atom. The Balaban J connectivity index is 1.94. The lowest BCUT2D eigenvalue weighted by Crippen LogP contribution is -2.28. The van der Waals surface area contributed by atoms with Crippen molar-refractivity contribution < 1.29 is 4.79 Å². The summed E-state index contributed by atoms with van der Waals surface area (Å²) in [6.45, 7) is 5.67. The van der Waals surface area contributed by atoms with Gasteiger partial charge in [-0.1, -0.05) is 30.9 Å². The average molecular weight is 260 g/mol. The van der Waals surface area contributed by atoms with Crippen molar-refractivity contribution in [1.82, 2.24) is 5.32 Å². The van der Waals surface area contributed by atoms with Gasteiger partial charge in [0.05, 0.1) is 5.56 Å². The molecule has 0 unspecified atom stereocenters. The fraction of sp³-hybridized carbons (Fsp3) is 0.562. The molecule has 0 spiro atoms. The van der Waals surface area contributed by atoms with Crippen molar-refractivity contribution in [2.24, 2.45) is 5.92 Å². The van der Waals surface area contributed by atoms with E-state index in [1.165, 1.54) is 19.3 Å². The van der Waals surface area contributed by atoms with Crippen molar-refractivity contribution in [2.45, 2.75) is 39.5 Å². The van der Waals surface area contributed by atoms with E-state index in [2.05, 4.69) is 10.6 Å². The first-order chi connectivity index (χ1) is 9.20. The Hall–Kier alpha value is -1.51. The molecule has 0 saturated heterocycles. The Kier molecular flexibility index (Phi) is 4.83. The topological polar surface area (TPSA) is 41.1 Å². The summed E-state index contributed by atoms with van der Waals surface area (Å²) in [6, 6.07) is 5.97. The molecule has 2 rings (SSSR count). The van der Waals surface area contributed by atoms with E-state index in [0.29, 0.717) is 0 Å². The Morgan fingerprint density at radius 1 is 1.37 bits per heavy atom. The average Bonchev–Trinajstić information content (AvgIpc) is 2.34. The lowest BCUT2D eigenvalue weighted by molar-refractivity contribution is 0.0949. The number of nitrogens with one attached hydrogen (secondary N) is 2. The summed E-state index contributed by atoms with van der Waals surface area (Å²) in [6.07, 6.45) is 5.15. The maximum atomic E-state index is 12.2. The molecule has 1 amide bonds. The SMILES string of the molecule is CCNc1ccc(C)cc1C(=O)NCCC1CCC1. The number of benzene rings is 1. The molecule has 0 aromatic heterocycles. The van der Waals surface area contributed by atoms with E-state index >= 15 is 0 Å². The standard InChI is InChI=1S/C16H24N2O/c1-3-17-15-8-7-12(2)11-14(15)16(19)18-10-9-13-5-4-6-13/h7-8,11,13,17H,3-6,9-10H2,1-2H3,(H,18,19). The van der Waals surface area contributed by atoms with Crippen LogP contribution in [0.5, 0.6) is 0 Å². The van der Waals surface area contributed by atoms with Gasteiger partial charge >= 0.3 is 0 Å². The van der Waals surface area contributed by atoms with E-state index < -0.39 is 0 Å². The Bertz CT molecular complexity index is 438. The van der Waals surface area contributed by atoms with Gasteiger partial charge in [-0.05, 0) is 38.3 Å². The highest BCUT2D eigenvalue weighted by atomic mass is 16.1. The number of aryl methyl sites for hydroxylation is 1. The molecule has 0 atom stereocenters. The highest BCUT2D eigenvalue weighted by Gasteiger charge is 2.17. The molecule has 1 saturated carbocycles. The summed E-state index contributed by atoms with van der Waals surface area (Å²) < 4.78 is 0. The third kappa shape index (κ3) is 3.72. The van der Waals surface area contributed by atoms with Gasteiger partial charge in [0.1, 0.15) is 0 Å². The summed E-state index contributed by atoms with van der Waals surface area (Å²) >= 11 is 0. The summed E-state index contributed by atoms with van der Waals surface area (Å²) in [5.41, 5.74) is 2.80. The van der Waals surface area contributed by atoms with Gasteiger partial charge in [0.25, 0.3) is 5.91 Å². The van der Waals surface area contributed by atoms with Gasteiger partial charge in [0.2, 0.25) is 0 Å². The zero-order chi connectivity index (χ0) is 13.7. The highest BCUT2D eigenvalue weighted by molar-refractivity contribution is 5.99. The molecule has 1 aromatic rings. The van der Waals surface area contributed by atoms with Crippen LogP contribution in [-0.2, 0) is 0 Å². The smallest absolute Gasteiger partial charge is 0.253 e. The third-order valence-corrected chi connectivity index (χ3v) is 3.85. The van der Waals surface area contributed by atoms with E-state index in [-0.39, 0.29) is 5.91 Å². The van der Waals surface area contributed by atoms with Crippen LogP contribution in [0, 0.1) is 12.8 Å². The van der Waals surface area contributed by atoms with Crippen LogP contribution >= 0.6 is 0 Å². The van der Waals surface area contributed by atoms with E-state index in [9.17, 15) is 4.79 Å². The molecule has 1 fully saturated rings. The van der Waals surface area contributed by atoms with Crippen LogP contribution in [0.25, 0.3) is 0 Å². The zero-order valence-corrected chi connectivity index (χ0v) is 12.0. The van der Waals surface area contributed by atoms with Gasteiger partial charge in [0.15, 0.2) is 0 Å². The molecule has 0 bridgehead atoms. The summed E-state index contributed by atoms with van der Waals surface area (Å²) in [4.78, 5) is 12.2. The van der Waals surface area contributed by atoms with Crippen molar-refractivity contribution in [3.63, 3.8) is 0 Å². The first-order valence-electron chi connectivity index (χ1n) is 7.33. The first-order valence-corrected chi connectivity index (χ1v) is 7.33. The van der Waals surface area contributed by atoms with Gasteiger partial charge in [-0.25, -0.2) is 0 Å². The molecule has 2 N–H and O–H groups in total. The van der Waals surface area contributed by atoms with Gasteiger partial charge in [0, 0.05) is 18.8 Å². The van der Waals surface area contributed by atoms with Crippen LogP contribution in [-0.4, -0.2) is 19.0 Å².